The first-order valence-corrected chi connectivity index (χ1v) is 8.48. The van der Waals surface area contributed by atoms with E-state index >= 15 is 0 Å². The fraction of sp³-hybridized carbons (Fsp3) is 0.882. The molecule has 1 rings (SSSR count). The molecule has 2 atom stereocenters. The van der Waals surface area contributed by atoms with Gasteiger partial charge in [0.05, 0.1) is 0 Å². The number of carbonyl (C=O) groups is 2. The Balaban J connectivity index is -0.000000231. The molecule has 0 aromatic carbocycles. The zero-order chi connectivity index (χ0) is 16.7. The number of hydrogen-bond donors (Lipinski definition) is 2. The molecule has 2 unspecified atom stereocenters. The standard InChI is InChI=1S/C12H22N2O2.C3H8.C2H6.2H2/c1-9(15)13-7-11-4-3-5-12(6-11)8-14-10(2)16;1-3-2;1-2;;/h11-12H,3-8H2,1-2H3,(H,13,15)(H,14,16);3H2,1-2H3;1-2H3;2*1H. The van der Waals surface area contributed by atoms with Gasteiger partial charge >= 0.3 is 0 Å². The highest BCUT2D eigenvalue weighted by Gasteiger charge is 2.21. The highest BCUT2D eigenvalue weighted by atomic mass is 16.2. The summed E-state index contributed by atoms with van der Waals surface area (Å²) in [5.74, 6) is 1.25. The summed E-state index contributed by atoms with van der Waals surface area (Å²) in [6.45, 7) is 12.9. The molecule has 0 spiro atoms. The van der Waals surface area contributed by atoms with E-state index in [0.717, 1.165) is 19.5 Å². The number of rotatable bonds is 4. The molecule has 0 radical (unpaired) electrons. The average Bonchev–Trinajstić information content (AvgIpc) is 2.46. The summed E-state index contributed by atoms with van der Waals surface area (Å²) in [5, 5.41) is 5.75. The molecule has 1 aliphatic carbocycles. The smallest absolute Gasteiger partial charge is 0.216 e. The average molecular weight is 305 g/mol. The van der Waals surface area contributed by atoms with Crippen molar-refractivity contribution < 1.29 is 12.4 Å². The van der Waals surface area contributed by atoms with E-state index in [4.69, 9.17) is 0 Å². The Hall–Kier alpha value is -1.06. The van der Waals surface area contributed by atoms with Crippen LogP contribution in [-0.4, -0.2) is 24.9 Å². The molecule has 1 fully saturated rings. The van der Waals surface area contributed by atoms with Crippen molar-refractivity contribution in [3.63, 3.8) is 0 Å². The molecule has 1 saturated carbocycles. The summed E-state index contributed by atoms with van der Waals surface area (Å²) in [6.07, 6.45) is 5.95. The molecule has 0 aromatic heterocycles. The molecule has 4 heteroatoms. The maximum absolute atomic E-state index is 10.8. The van der Waals surface area contributed by atoms with E-state index in [9.17, 15) is 9.59 Å². The minimum absolute atomic E-state index is 0. The van der Waals surface area contributed by atoms with Gasteiger partial charge in [0.1, 0.15) is 0 Å². The number of carbonyl (C=O) groups excluding carboxylic acids is 2. The fourth-order valence-electron chi connectivity index (χ4n) is 2.35. The second kappa shape index (κ2) is 15.3. The summed E-state index contributed by atoms with van der Waals surface area (Å²) in [4.78, 5) is 21.6. The van der Waals surface area contributed by atoms with Gasteiger partial charge in [0.15, 0.2) is 0 Å². The molecule has 130 valence electrons. The van der Waals surface area contributed by atoms with Crippen molar-refractivity contribution in [3.8, 4) is 0 Å². The molecule has 4 nitrogen and oxygen atoms in total. The van der Waals surface area contributed by atoms with Crippen LogP contribution >= 0.6 is 0 Å². The van der Waals surface area contributed by atoms with Crippen LogP contribution in [0.1, 0.15) is 76.5 Å². The van der Waals surface area contributed by atoms with Gasteiger partial charge in [0.25, 0.3) is 0 Å². The van der Waals surface area contributed by atoms with E-state index in [-0.39, 0.29) is 14.7 Å². The van der Waals surface area contributed by atoms with E-state index in [1.165, 1.54) is 25.7 Å². The van der Waals surface area contributed by atoms with Crippen LogP contribution < -0.4 is 10.6 Å². The molecule has 21 heavy (non-hydrogen) atoms. The van der Waals surface area contributed by atoms with Gasteiger partial charge in [-0.2, -0.15) is 0 Å². The second-order valence-electron chi connectivity index (χ2n) is 5.48. The van der Waals surface area contributed by atoms with Gasteiger partial charge < -0.3 is 10.6 Å². The molecule has 1 aliphatic rings. The van der Waals surface area contributed by atoms with E-state index in [0.29, 0.717) is 11.8 Å². The lowest BCUT2D eigenvalue weighted by Crippen LogP contribution is -2.34. The fourth-order valence-corrected chi connectivity index (χ4v) is 2.35. The highest BCUT2D eigenvalue weighted by Crippen LogP contribution is 2.28. The number of nitrogens with one attached hydrogen (secondary N) is 2. The van der Waals surface area contributed by atoms with Crippen molar-refractivity contribution in [2.75, 3.05) is 13.1 Å². The topological polar surface area (TPSA) is 58.2 Å². The van der Waals surface area contributed by atoms with Crippen LogP contribution in [0.5, 0.6) is 0 Å². The molecule has 0 aromatic rings. The van der Waals surface area contributed by atoms with Crippen molar-refractivity contribution in [3.05, 3.63) is 0 Å². The Bertz CT molecular complexity index is 253. The molecule has 0 heterocycles. The van der Waals surface area contributed by atoms with Gasteiger partial charge in [0, 0.05) is 29.8 Å². The largest absolute Gasteiger partial charge is 0.356 e. The Labute approximate surface area is 134 Å². The van der Waals surface area contributed by atoms with Gasteiger partial charge in [-0.05, 0) is 31.1 Å². The van der Waals surface area contributed by atoms with Crippen LogP contribution in [-0.2, 0) is 9.59 Å². The Morgan fingerprint density at radius 3 is 1.57 bits per heavy atom. The zero-order valence-corrected chi connectivity index (χ0v) is 14.9. The van der Waals surface area contributed by atoms with E-state index in [1.54, 1.807) is 13.8 Å². The summed E-state index contributed by atoms with van der Waals surface area (Å²) in [7, 11) is 0. The number of hydrogen-bond acceptors (Lipinski definition) is 2. The third-order valence-corrected chi connectivity index (χ3v) is 3.17. The SMILES string of the molecule is CC.CC(=O)NCC1CCCC(CNC(C)=O)C1.CCC.[HH].[HH]. The van der Waals surface area contributed by atoms with E-state index < -0.39 is 0 Å². The van der Waals surface area contributed by atoms with Gasteiger partial charge in [-0.1, -0.05) is 40.5 Å². The molecule has 2 amide bonds. The van der Waals surface area contributed by atoms with Crippen molar-refractivity contribution in [1.82, 2.24) is 10.6 Å². The third-order valence-electron chi connectivity index (χ3n) is 3.17. The molecular formula is C17H40N2O2. The monoisotopic (exact) mass is 304 g/mol. The van der Waals surface area contributed by atoms with Crippen molar-refractivity contribution >= 4 is 11.8 Å². The van der Waals surface area contributed by atoms with Crippen LogP contribution in [0.25, 0.3) is 0 Å². The molecule has 0 bridgehead atoms. The predicted molar refractivity (Wildman–Crippen MR) is 94.4 cm³/mol. The summed E-state index contributed by atoms with van der Waals surface area (Å²) >= 11 is 0. The first-order chi connectivity index (χ1) is 9.99. The Morgan fingerprint density at radius 1 is 0.952 bits per heavy atom. The molecular weight excluding hydrogens is 264 g/mol. The molecule has 0 saturated heterocycles. The first kappa shape index (κ1) is 22.2. The van der Waals surface area contributed by atoms with Crippen LogP contribution in [0.4, 0.5) is 0 Å². The highest BCUT2D eigenvalue weighted by molar-refractivity contribution is 5.73. The lowest BCUT2D eigenvalue weighted by Gasteiger charge is -2.29. The van der Waals surface area contributed by atoms with Gasteiger partial charge in [-0.15, -0.1) is 0 Å². The predicted octanol–water partition coefficient (Wildman–Crippen LogP) is 4.00. The van der Waals surface area contributed by atoms with Crippen molar-refractivity contribution in [2.45, 2.75) is 73.6 Å². The van der Waals surface area contributed by atoms with Crippen LogP contribution in [0, 0.1) is 11.8 Å². The maximum atomic E-state index is 10.8. The van der Waals surface area contributed by atoms with E-state index in [2.05, 4.69) is 24.5 Å². The van der Waals surface area contributed by atoms with E-state index in [1.807, 2.05) is 13.8 Å². The quantitative estimate of drug-likeness (QED) is 0.824. The van der Waals surface area contributed by atoms with Crippen molar-refractivity contribution in [2.24, 2.45) is 11.8 Å². The summed E-state index contributed by atoms with van der Waals surface area (Å²) in [6, 6.07) is 0. The maximum Gasteiger partial charge on any atom is 0.216 e. The van der Waals surface area contributed by atoms with Crippen LogP contribution in [0.3, 0.4) is 0 Å². The number of amides is 2. The summed E-state index contributed by atoms with van der Waals surface area (Å²) < 4.78 is 0. The third kappa shape index (κ3) is 15.2. The Morgan fingerprint density at radius 2 is 1.29 bits per heavy atom. The van der Waals surface area contributed by atoms with Gasteiger partial charge in [0.2, 0.25) is 11.8 Å². The normalized spacial score (nSPS) is 20.1. The lowest BCUT2D eigenvalue weighted by atomic mass is 9.81. The van der Waals surface area contributed by atoms with Crippen LogP contribution in [0.2, 0.25) is 0 Å². The van der Waals surface area contributed by atoms with Crippen LogP contribution in [0.15, 0.2) is 0 Å². The molecule has 0 aliphatic heterocycles. The first-order valence-electron chi connectivity index (χ1n) is 8.48. The van der Waals surface area contributed by atoms with Gasteiger partial charge in [-0.3, -0.25) is 9.59 Å². The van der Waals surface area contributed by atoms with Crippen molar-refractivity contribution in [1.29, 1.82) is 0 Å². The zero-order valence-electron chi connectivity index (χ0n) is 14.9. The molecule has 2 N–H and O–H groups in total. The minimum atomic E-state index is 0. The minimum Gasteiger partial charge on any atom is -0.356 e. The lowest BCUT2D eigenvalue weighted by molar-refractivity contribution is -0.119. The summed E-state index contributed by atoms with van der Waals surface area (Å²) in [5.41, 5.74) is 0. The second-order valence-corrected chi connectivity index (χ2v) is 5.48. The van der Waals surface area contributed by atoms with Gasteiger partial charge in [-0.25, -0.2) is 0 Å². The Kier molecular flexibility index (Phi) is 16.2.